The number of carbonyl (C=O) groups is 1. The van der Waals surface area contributed by atoms with Crippen LogP contribution in [0.2, 0.25) is 10.0 Å². The number of pyridine rings is 1. The van der Waals surface area contributed by atoms with Crippen molar-refractivity contribution in [1.29, 1.82) is 0 Å². The zero-order valence-corrected chi connectivity index (χ0v) is 21.5. The quantitative estimate of drug-likeness (QED) is 0.330. The van der Waals surface area contributed by atoms with Gasteiger partial charge in [0.25, 0.3) is 0 Å². The van der Waals surface area contributed by atoms with Gasteiger partial charge in [-0.05, 0) is 58.0 Å². The van der Waals surface area contributed by atoms with E-state index in [0.29, 0.717) is 26.7 Å². The summed E-state index contributed by atoms with van der Waals surface area (Å²) >= 11 is 13.8. The van der Waals surface area contributed by atoms with Gasteiger partial charge in [0.1, 0.15) is 0 Å². The van der Waals surface area contributed by atoms with Crippen molar-refractivity contribution in [2.75, 3.05) is 36.0 Å². The Morgan fingerprint density at radius 3 is 1.74 bits per heavy atom. The minimum atomic E-state index is -1.29. The van der Waals surface area contributed by atoms with E-state index in [1.165, 1.54) is 0 Å². The molecule has 4 rings (SSSR count). The van der Waals surface area contributed by atoms with Gasteiger partial charge >= 0.3 is 5.97 Å². The lowest BCUT2D eigenvalue weighted by atomic mass is 9.80. The van der Waals surface area contributed by atoms with Gasteiger partial charge in [0.2, 0.25) is 0 Å². The fourth-order valence-electron chi connectivity index (χ4n) is 4.79. The number of cyclic esters (lactones) is 1. The van der Waals surface area contributed by atoms with Gasteiger partial charge < -0.3 is 14.5 Å². The fourth-order valence-corrected chi connectivity index (χ4v) is 5.41. The van der Waals surface area contributed by atoms with Crippen LogP contribution in [0.15, 0.2) is 54.7 Å². The molecule has 7 heteroatoms. The number of carbonyl (C=O) groups excluding carboxylic acids is 1. The Kier molecular flexibility index (Phi) is 7.06. The molecule has 1 aliphatic rings. The molecule has 0 unspecified atom stereocenters. The SMILES string of the molecule is CCN(CC)c1ccc(C2(c3ccc(N(CC)CC)cc3Cl)OC(=O)c3ncccc32)c(Cl)c1. The second-order valence-electron chi connectivity index (χ2n) is 8.14. The third-order valence-corrected chi connectivity index (χ3v) is 7.17. The average molecular weight is 498 g/mol. The molecule has 0 spiro atoms. The predicted molar refractivity (Wildman–Crippen MR) is 140 cm³/mol. The van der Waals surface area contributed by atoms with Crippen LogP contribution in [0, 0.1) is 0 Å². The highest BCUT2D eigenvalue weighted by molar-refractivity contribution is 6.33. The van der Waals surface area contributed by atoms with Crippen molar-refractivity contribution >= 4 is 40.5 Å². The van der Waals surface area contributed by atoms with Crippen LogP contribution in [0.3, 0.4) is 0 Å². The Hall–Kier alpha value is -2.76. The highest BCUT2D eigenvalue weighted by Gasteiger charge is 2.51. The van der Waals surface area contributed by atoms with Crippen LogP contribution in [-0.2, 0) is 10.3 Å². The Morgan fingerprint density at radius 1 is 0.794 bits per heavy atom. The number of hydrogen-bond donors (Lipinski definition) is 0. The van der Waals surface area contributed by atoms with Crippen molar-refractivity contribution in [1.82, 2.24) is 4.98 Å². The molecule has 0 saturated carbocycles. The van der Waals surface area contributed by atoms with Crippen LogP contribution in [0.4, 0.5) is 11.4 Å². The van der Waals surface area contributed by atoms with E-state index in [1.807, 2.05) is 42.5 Å². The van der Waals surface area contributed by atoms with Crippen LogP contribution in [0.25, 0.3) is 0 Å². The maximum atomic E-state index is 13.0. The van der Waals surface area contributed by atoms with E-state index in [4.69, 9.17) is 27.9 Å². The van der Waals surface area contributed by atoms with E-state index in [0.717, 1.165) is 37.6 Å². The number of benzene rings is 2. The van der Waals surface area contributed by atoms with Crippen LogP contribution in [-0.4, -0.2) is 37.1 Å². The number of halogens is 2. The monoisotopic (exact) mass is 497 g/mol. The number of nitrogens with zero attached hydrogens (tertiary/aromatic N) is 3. The number of rotatable bonds is 8. The largest absolute Gasteiger partial charge is 0.439 e. The standard InChI is InChI=1S/C27H29Cl2N3O2/c1-5-31(6-2)18-11-13-20(23(28)16-18)27(22-10-9-15-30-25(22)26(33)34-27)21-14-12-19(17-24(21)29)32(7-3)8-4/h9-17H,5-8H2,1-4H3. The van der Waals surface area contributed by atoms with Gasteiger partial charge in [-0.15, -0.1) is 0 Å². The molecule has 178 valence electrons. The summed E-state index contributed by atoms with van der Waals surface area (Å²) in [5.74, 6) is -0.497. The van der Waals surface area contributed by atoms with E-state index in [9.17, 15) is 4.79 Å². The summed E-state index contributed by atoms with van der Waals surface area (Å²) in [5, 5.41) is 0.996. The Bertz CT molecular complexity index is 1140. The van der Waals surface area contributed by atoms with Crippen molar-refractivity contribution in [3.63, 3.8) is 0 Å². The maximum Gasteiger partial charge on any atom is 0.358 e. The van der Waals surface area contributed by atoms with Gasteiger partial charge in [-0.1, -0.05) is 41.4 Å². The molecule has 0 radical (unpaired) electrons. The summed E-state index contributed by atoms with van der Waals surface area (Å²) < 4.78 is 6.16. The molecule has 0 fully saturated rings. The minimum Gasteiger partial charge on any atom is -0.439 e. The third-order valence-electron chi connectivity index (χ3n) is 6.55. The topological polar surface area (TPSA) is 45.7 Å². The number of aromatic nitrogens is 1. The van der Waals surface area contributed by atoms with Crippen LogP contribution < -0.4 is 9.80 Å². The molecular formula is C27H29Cl2N3O2. The number of esters is 1. The molecule has 1 aromatic heterocycles. The van der Waals surface area contributed by atoms with Crippen molar-refractivity contribution in [2.24, 2.45) is 0 Å². The highest BCUT2D eigenvalue weighted by Crippen LogP contribution is 2.51. The summed E-state index contributed by atoms with van der Waals surface area (Å²) in [7, 11) is 0. The summed E-state index contributed by atoms with van der Waals surface area (Å²) in [6.45, 7) is 11.8. The second-order valence-corrected chi connectivity index (χ2v) is 8.96. The first-order chi connectivity index (χ1) is 16.4. The number of fused-ring (bicyclic) bond motifs is 1. The van der Waals surface area contributed by atoms with Crippen LogP contribution in [0.1, 0.15) is 54.9 Å². The lowest BCUT2D eigenvalue weighted by Gasteiger charge is -2.33. The molecule has 0 bridgehead atoms. The van der Waals surface area contributed by atoms with Crippen LogP contribution >= 0.6 is 23.2 Å². The molecule has 0 atom stereocenters. The Balaban J connectivity index is 1.96. The molecule has 0 aliphatic carbocycles. The average Bonchev–Trinajstić information content (AvgIpc) is 3.14. The van der Waals surface area contributed by atoms with Gasteiger partial charge in [0, 0.05) is 60.4 Å². The molecule has 0 saturated heterocycles. The summed E-state index contributed by atoms with van der Waals surface area (Å²) in [6, 6.07) is 15.4. The number of anilines is 2. The molecule has 34 heavy (non-hydrogen) atoms. The van der Waals surface area contributed by atoms with Gasteiger partial charge in [-0.3, -0.25) is 0 Å². The zero-order chi connectivity index (χ0) is 24.5. The van der Waals surface area contributed by atoms with E-state index >= 15 is 0 Å². The van der Waals surface area contributed by atoms with Gasteiger partial charge in [0.05, 0.1) is 10.0 Å². The normalized spacial score (nSPS) is 14.0. The van der Waals surface area contributed by atoms with Crippen molar-refractivity contribution in [3.05, 3.63) is 87.2 Å². The molecule has 5 nitrogen and oxygen atoms in total. The number of hydrogen-bond acceptors (Lipinski definition) is 5. The molecule has 2 aromatic carbocycles. The summed E-state index contributed by atoms with van der Waals surface area (Å²) in [5.41, 5.74) is 2.94. The molecule has 1 aliphatic heterocycles. The Morgan fingerprint density at radius 2 is 1.29 bits per heavy atom. The molecular weight excluding hydrogens is 469 g/mol. The second kappa shape index (κ2) is 9.85. The highest BCUT2D eigenvalue weighted by atomic mass is 35.5. The van der Waals surface area contributed by atoms with Gasteiger partial charge in [-0.25, -0.2) is 9.78 Å². The molecule has 3 aromatic rings. The van der Waals surface area contributed by atoms with Crippen molar-refractivity contribution in [2.45, 2.75) is 33.3 Å². The Labute approximate surface area is 211 Å². The maximum absolute atomic E-state index is 13.0. The third kappa shape index (κ3) is 3.91. The predicted octanol–water partition coefficient (Wildman–Crippen LogP) is 6.54. The fraction of sp³-hybridized carbons (Fsp3) is 0.333. The van der Waals surface area contributed by atoms with Gasteiger partial charge in [-0.2, -0.15) is 0 Å². The molecule has 0 N–H and O–H groups in total. The first-order valence-corrected chi connectivity index (χ1v) is 12.5. The van der Waals surface area contributed by atoms with Crippen molar-refractivity contribution < 1.29 is 9.53 Å². The lowest BCUT2D eigenvalue weighted by molar-refractivity contribution is 0.0249. The van der Waals surface area contributed by atoms with E-state index in [-0.39, 0.29) is 5.69 Å². The van der Waals surface area contributed by atoms with Gasteiger partial charge in [0.15, 0.2) is 11.3 Å². The van der Waals surface area contributed by atoms with Crippen molar-refractivity contribution in [3.8, 4) is 0 Å². The molecule has 0 amide bonds. The smallest absolute Gasteiger partial charge is 0.358 e. The first kappa shape index (κ1) is 24.4. The van der Waals surface area contributed by atoms with E-state index in [2.05, 4.69) is 42.5 Å². The zero-order valence-electron chi connectivity index (χ0n) is 19.9. The first-order valence-electron chi connectivity index (χ1n) is 11.7. The number of ether oxygens (including phenoxy) is 1. The minimum absolute atomic E-state index is 0.273. The van der Waals surface area contributed by atoms with Crippen LogP contribution in [0.5, 0.6) is 0 Å². The van der Waals surface area contributed by atoms with E-state index < -0.39 is 11.6 Å². The summed E-state index contributed by atoms with van der Waals surface area (Å²) in [6.07, 6.45) is 1.59. The summed E-state index contributed by atoms with van der Waals surface area (Å²) in [4.78, 5) is 21.7. The lowest BCUT2D eigenvalue weighted by Crippen LogP contribution is -2.31. The molecule has 2 heterocycles. The van der Waals surface area contributed by atoms with E-state index in [1.54, 1.807) is 12.3 Å².